The lowest BCUT2D eigenvalue weighted by Gasteiger charge is -2.04. The molecule has 3 nitrogen and oxygen atoms in total. The number of para-hydroxylation sites is 1. The Bertz CT molecular complexity index is 391. The highest BCUT2D eigenvalue weighted by molar-refractivity contribution is 5.62. The molecular weight excluding hydrogens is 190 g/mol. The van der Waals surface area contributed by atoms with E-state index in [4.69, 9.17) is 14.7 Å². The predicted molar refractivity (Wildman–Crippen MR) is 58.5 cm³/mol. The molecule has 78 valence electrons. The van der Waals surface area contributed by atoms with Crippen LogP contribution in [0.3, 0.4) is 0 Å². The van der Waals surface area contributed by atoms with Gasteiger partial charge in [-0.2, -0.15) is 5.26 Å². The topological polar surface area (TPSA) is 42.2 Å². The first-order valence-electron chi connectivity index (χ1n) is 4.54. The summed E-state index contributed by atoms with van der Waals surface area (Å²) < 4.78 is 10.1. The Balaban J connectivity index is 3.00. The highest BCUT2D eigenvalue weighted by Crippen LogP contribution is 2.20. The van der Waals surface area contributed by atoms with Gasteiger partial charge < -0.3 is 9.47 Å². The summed E-state index contributed by atoms with van der Waals surface area (Å²) in [7, 11) is 3.17. The van der Waals surface area contributed by atoms with Gasteiger partial charge in [-0.3, -0.25) is 0 Å². The average molecular weight is 203 g/mol. The molecule has 1 rings (SSSR count). The monoisotopic (exact) mass is 203 g/mol. The van der Waals surface area contributed by atoms with Crippen LogP contribution in [0, 0.1) is 11.3 Å². The molecule has 0 spiro atoms. The number of hydrogen-bond acceptors (Lipinski definition) is 3. The zero-order valence-electron chi connectivity index (χ0n) is 8.86. The zero-order chi connectivity index (χ0) is 11.1. The lowest BCUT2D eigenvalue weighted by atomic mass is 10.1. The van der Waals surface area contributed by atoms with Crippen LogP contribution in [0.4, 0.5) is 0 Å². The molecule has 0 fully saturated rings. The summed E-state index contributed by atoms with van der Waals surface area (Å²) in [5, 5.41) is 8.84. The molecule has 0 aromatic heterocycles. The molecule has 0 atom stereocenters. The minimum Gasteiger partial charge on any atom is -0.496 e. The molecule has 1 aromatic carbocycles. The summed E-state index contributed by atoms with van der Waals surface area (Å²) in [6, 6.07) is 9.62. The minimum atomic E-state index is 0.314. The van der Waals surface area contributed by atoms with E-state index in [2.05, 4.69) is 6.07 Å². The molecule has 0 aliphatic carbocycles. The lowest BCUT2D eigenvalue weighted by Crippen LogP contribution is -1.92. The third kappa shape index (κ3) is 3.12. The summed E-state index contributed by atoms with van der Waals surface area (Å²) in [6.07, 6.45) is 1.77. The van der Waals surface area contributed by atoms with Gasteiger partial charge in [-0.1, -0.05) is 18.2 Å². The number of methoxy groups -OCH3 is 2. The Labute approximate surface area is 89.6 Å². The van der Waals surface area contributed by atoms with E-state index in [1.165, 1.54) is 0 Å². The van der Waals surface area contributed by atoms with E-state index >= 15 is 0 Å². The molecule has 3 heteroatoms. The van der Waals surface area contributed by atoms with E-state index in [0.717, 1.165) is 11.3 Å². The molecular formula is C12H13NO2. The number of rotatable bonds is 4. The minimum absolute atomic E-state index is 0.314. The number of ether oxygens (including phenoxy) is 2. The van der Waals surface area contributed by atoms with Crippen molar-refractivity contribution in [3.63, 3.8) is 0 Å². The Kier molecular flexibility index (Phi) is 4.39. The Morgan fingerprint density at radius 3 is 2.73 bits per heavy atom. The van der Waals surface area contributed by atoms with Crippen molar-refractivity contribution in [1.29, 1.82) is 5.26 Å². The normalized spacial score (nSPS) is 10.9. The van der Waals surface area contributed by atoms with Crippen LogP contribution in [0.25, 0.3) is 6.08 Å². The Morgan fingerprint density at radius 2 is 2.13 bits per heavy atom. The second-order valence-electron chi connectivity index (χ2n) is 2.96. The fourth-order valence-corrected chi connectivity index (χ4v) is 1.24. The van der Waals surface area contributed by atoms with Gasteiger partial charge in [0.1, 0.15) is 5.75 Å². The Morgan fingerprint density at radius 1 is 1.40 bits per heavy atom. The van der Waals surface area contributed by atoms with Crippen LogP contribution in [0.2, 0.25) is 0 Å². The molecule has 1 aromatic rings. The van der Waals surface area contributed by atoms with Crippen LogP contribution in [0.15, 0.2) is 29.8 Å². The molecule has 0 aliphatic heterocycles. The van der Waals surface area contributed by atoms with E-state index in [-0.39, 0.29) is 0 Å². The van der Waals surface area contributed by atoms with E-state index in [0.29, 0.717) is 12.2 Å². The number of nitrogens with zero attached hydrogens (tertiary/aromatic N) is 1. The van der Waals surface area contributed by atoms with Gasteiger partial charge in [-0.15, -0.1) is 0 Å². The fraction of sp³-hybridized carbons (Fsp3) is 0.250. The second-order valence-corrected chi connectivity index (χ2v) is 2.96. The highest BCUT2D eigenvalue weighted by atomic mass is 16.5. The third-order valence-electron chi connectivity index (χ3n) is 1.91. The predicted octanol–water partition coefficient (Wildman–Crippen LogP) is 2.25. The van der Waals surface area contributed by atoms with Gasteiger partial charge in [0.05, 0.1) is 25.4 Å². The van der Waals surface area contributed by atoms with Crippen molar-refractivity contribution < 1.29 is 9.47 Å². The van der Waals surface area contributed by atoms with Gasteiger partial charge in [-0.25, -0.2) is 0 Å². The van der Waals surface area contributed by atoms with Gasteiger partial charge >= 0.3 is 0 Å². The van der Waals surface area contributed by atoms with E-state index in [9.17, 15) is 0 Å². The molecule has 0 heterocycles. The molecule has 0 saturated heterocycles. The van der Waals surface area contributed by atoms with Crippen molar-refractivity contribution in [2.75, 3.05) is 20.8 Å². The molecule has 15 heavy (non-hydrogen) atoms. The van der Waals surface area contributed by atoms with Crippen LogP contribution < -0.4 is 4.74 Å². The highest BCUT2D eigenvalue weighted by Gasteiger charge is 2.00. The summed E-state index contributed by atoms with van der Waals surface area (Å²) in [4.78, 5) is 0. The quantitative estimate of drug-likeness (QED) is 0.705. The Hall–Kier alpha value is -1.79. The maximum atomic E-state index is 8.84. The first-order chi connectivity index (χ1) is 7.31. The number of benzene rings is 1. The van der Waals surface area contributed by atoms with Gasteiger partial charge in [0.15, 0.2) is 0 Å². The maximum absolute atomic E-state index is 8.84. The van der Waals surface area contributed by atoms with Gasteiger partial charge in [0.2, 0.25) is 0 Å². The number of nitriles is 1. The molecule has 0 saturated carbocycles. The molecule has 0 radical (unpaired) electrons. The van der Waals surface area contributed by atoms with Gasteiger partial charge in [0, 0.05) is 12.7 Å². The molecule has 0 unspecified atom stereocenters. The summed E-state index contributed by atoms with van der Waals surface area (Å²) in [5.74, 6) is 0.751. The third-order valence-corrected chi connectivity index (χ3v) is 1.91. The molecule has 0 bridgehead atoms. The second kappa shape index (κ2) is 5.84. The SMILES string of the molecule is COCC(C#N)=Cc1ccccc1OC. The van der Waals surface area contributed by atoms with Gasteiger partial charge in [0.25, 0.3) is 0 Å². The zero-order valence-corrected chi connectivity index (χ0v) is 8.86. The molecule has 0 amide bonds. The summed E-state index contributed by atoms with van der Waals surface area (Å²) >= 11 is 0. The summed E-state index contributed by atoms with van der Waals surface area (Å²) in [5.41, 5.74) is 1.45. The lowest BCUT2D eigenvalue weighted by molar-refractivity contribution is 0.229. The van der Waals surface area contributed by atoms with Crippen molar-refractivity contribution in [3.05, 3.63) is 35.4 Å². The van der Waals surface area contributed by atoms with Crippen LogP contribution in [-0.4, -0.2) is 20.8 Å². The first-order valence-corrected chi connectivity index (χ1v) is 4.54. The van der Waals surface area contributed by atoms with Crippen LogP contribution in [0.1, 0.15) is 5.56 Å². The first kappa shape index (κ1) is 11.3. The van der Waals surface area contributed by atoms with Crippen LogP contribution in [0.5, 0.6) is 5.75 Å². The van der Waals surface area contributed by atoms with E-state index < -0.39 is 0 Å². The van der Waals surface area contributed by atoms with Crippen molar-refractivity contribution in [3.8, 4) is 11.8 Å². The van der Waals surface area contributed by atoms with Crippen LogP contribution in [-0.2, 0) is 4.74 Å². The van der Waals surface area contributed by atoms with Crippen molar-refractivity contribution >= 4 is 6.08 Å². The van der Waals surface area contributed by atoms with Gasteiger partial charge in [-0.05, 0) is 12.1 Å². The van der Waals surface area contributed by atoms with Crippen molar-refractivity contribution in [1.82, 2.24) is 0 Å². The average Bonchev–Trinajstić information content (AvgIpc) is 2.29. The largest absolute Gasteiger partial charge is 0.496 e. The van der Waals surface area contributed by atoms with Crippen molar-refractivity contribution in [2.45, 2.75) is 0 Å². The fourth-order valence-electron chi connectivity index (χ4n) is 1.24. The standard InChI is InChI=1S/C12H13NO2/c1-14-9-10(8-13)7-11-5-3-4-6-12(11)15-2/h3-7H,9H2,1-2H3. The van der Waals surface area contributed by atoms with E-state index in [1.54, 1.807) is 20.3 Å². The molecule has 0 N–H and O–H groups in total. The smallest absolute Gasteiger partial charge is 0.126 e. The molecule has 0 aliphatic rings. The number of hydrogen-bond donors (Lipinski definition) is 0. The van der Waals surface area contributed by atoms with E-state index in [1.807, 2.05) is 24.3 Å². The van der Waals surface area contributed by atoms with Crippen LogP contribution >= 0.6 is 0 Å². The maximum Gasteiger partial charge on any atom is 0.126 e. The summed E-state index contributed by atoms with van der Waals surface area (Å²) in [6.45, 7) is 0.314. The van der Waals surface area contributed by atoms with Crippen molar-refractivity contribution in [2.24, 2.45) is 0 Å².